The first-order chi connectivity index (χ1) is 10.9. The van der Waals surface area contributed by atoms with Crippen LogP contribution in [0.25, 0.3) is 21.7 Å². The lowest BCUT2D eigenvalue weighted by Gasteiger charge is -1.94. The molecule has 0 spiro atoms. The van der Waals surface area contributed by atoms with Crippen LogP contribution in [0, 0.1) is 11.3 Å². The van der Waals surface area contributed by atoms with Gasteiger partial charge in [0.2, 0.25) is 0 Å². The Bertz CT molecular complexity index is 889. The maximum atomic E-state index is 8.58. The third kappa shape index (κ3) is 3.08. The molecule has 0 saturated carbocycles. The molecule has 3 nitrogen and oxygen atoms in total. The molecule has 0 aliphatic carbocycles. The summed E-state index contributed by atoms with van der Waals surface area (Å²) >= 11 is 0. The Balaban J connectivity index is 0.000000133. The molecule has 0 fully saturated rings. The van der Waals surface area contributed by atoms with E-state index >= 15 is 0 Å². The van der Waals surface area contributed by atoms with Gasteiger partial charge in [-0.25, -0.2) is 4.98 Å². The highest BCUT2D eigenvalue weighted by Gasteiger charge is 1.94. The van der Waals surface area contributed by atoms with E-state index < -0.39 is 0 Å². The second kappa shape index (κ2) is 6.47. The molecule has 0 N–H and O–H groups in total. The summed E-state index contributed by atoms with van der Waals surface area (Å²) in [5, 5.41) is 11.9. The normalized spacial score (nSPS) is 9.77. The fourth-order valence-corrected chi connectivity index (χ4v) is 2.16. The fourth-order valence-electron chi connectivity index (χ4n) is 2.16. The summed E-state index contributed by atoms with van der Waals surface area (Å²) in [6.07, 6.45) is 3.52. The second-order valence-electron chi connectivity index (χ2n) is 4.72. The van der Waals surface area contributed by atoms with E-state index in [4.69, 9.17) is 5.26 Å². The molecule has 2 heterocycles. The van der Waals surface area contributed by atoms with Crippen LogP contribution in [0.4, 0.5) is 0 Å². The Morgan fingerprint density at radius 1 is 0.727 bits per heavy atom. The molecule has 0 bridgehead atoms. The van der Waals surface area contributed by atoms with Crippen LogP contribution < -0.4 is 0 Å². The van der Waals surface area contributed by atoms with Crippen molar-refractivity contribution in [3.63, 3.8) is 0 Å². The Morgan fingerprint density at radius 3 is 2.18 bits per heavy atom. The zero-order valence-electron chi connectivity index (χ0n) is 11.8. The number of aromatic nitrogens is 2. The number of benzene rings is 2. The van der Waals surface area contributed by atoms with Gasteiger partial charge in [0, 0.05) is 23.2 Å². The smallest absolute Gasteiger partial charge is 0.141 e. The van der Waals surface area contributed by atoms with Crippen molar-refractivity contribution < 1.29 is 0 Å². The molecule has 104 valence electrons. The first-order valence-electron chi connectivity index (χ1n) is 6.91. The average Bonchev–Trinajstić information content (AvgIpc) is 2.62. The van der Waals surface area contributed by atoms with Crippen molar-refractivity contribution >= 4 is 21.7 Å². The van der Waals surface area contributed by atoms with Crippen LogP contribution in [0.2, 0.25) is 0 Å². The second-order valence-corrected chi connectivity index (χ2v) is 4.72. The Morgan fingerprint density at radius 2 is 1.41 bits per heavy atom. The summed E-state index contributed by atoms with van der Waals surface area (Å²) in [6, 6.07) is 23.7. The predicted molar refractivity (Wildman–Crippen MR) is 88.2 cm³/mol. The Labute approximate surface area is 128 Å². The van der Waals surface area contributed by atoms with E-state index in [2.05, 4.69) is 22.1 Å². The molecule has 0 radical (unpaired) electrons. The zero-order valence-corrected chi connectivity index (χ0v) is 11.8. The maximum absolute atomic E-state index is 8.58. The molecule has 0 unspecified atom stereocenters. The number of nitriles is 1. The molecule has 3 heteroatoms. The van der Waals surface area contributed by atoms with Gasteiger partial charge in [-0.1, -0.05) is 48.5 Å². The minimum absolute atomic E-state index is 0.466. The summed E-state index contributed by atoms with van der Waals surface area (Å²) in [5.74, 6) is 0. The van der Waals surface area contributed by atoms with Gasteiger partial charge in [-0.2, -0.15) is 5.26 Å². The van der Waals surface area contributed by atoms with Crippen LogP contribution in [0.1, 0.15) is 5.69 Å². The van der Waals surface area contributed by atoms with E-state index in [1.54, 1.807) is 12.3 Å². The molecule has 0 aliphatic rings. The highest BCUT2D eigenvalue weighted by Crippen LogP contribution is 2.12. The molecule has 2 aromatic heterocycles. The quantitative estimate of drug-likeness (QED) is 0.482. The molecule has 0 aliphatic heterocycles. The van der Waals surface area contributed by atoms with Crippen molar-refractivity contribution in [3.05, 3.63) is 84.8 Å². The van der Waals surface area contributed by atoms with Crippen molar-refractivity contribution in [1.29, 1.82) is 5.26 Å². The van der Waals surface area contributed by atoms with Gasteiger partial charge in [-0.3, -0.25) is 4.98 Å². The lowest BCUT2D eigenvalue weighted by Crippen LogP contribution is -1.81. The van der Waals surface area contributed by atoms with Crippen LogP contribution in [-0.4, -0.2) is 9.97 Å². The SMILES string of the molecule is N#Cc1cc2ccccc2cn1.c1ccc2ncccc2c1. The van der Waals surface area contributed by atoms with Crippen molar-refractivity contribution in [2.24, 2.45) is 0 Å². The number of hydrogen-bond acceptors (Lipinski definition) is 3. The molecular formula is C19H13N3. The number of pyridine rings is 2. The summed E-state index contributed by atoms with van der Waals surface area (Å²) < 4.78 is 0. The van der Waals surface area contributed by atoms with Gasteiger partial charge in [0.25, 0.3) is 0 Å². The van der Waals surface area contributed by atoms with Crippen molar-refractivity contribution in [3.8, 4) is 6.07 Å². The largest absolute Gasteiger partial charge is 0.256 e. The predicted octanol–water partition coefficient (Wildman–Crippen LogP) is 4.34. The molecule has 0 saturated heterocycles. The first-order valence-corrected chi connectivity index (χ1v) is 6.91. The van der Waals surface area contributed by atoms with Crippen molar-refractivity contribution in [2.75, 3.05) is 0 Å². The van der Waals surface area contributed by atoms with Crippen molar-refractivity contribution in [2.45, 2.75) is 0 Å². The standard InChI is InChI=1S/C10H6N2.C9H7N/c11-6-10-5-8-3-1-2-4-9(8)7-12-10;1-2-6-9-8(4-1)5-3-7-10-9/h1-5,7H;1-7H. The van der Waals surface area contributed by atoms with Crippen LogP contribution in [0.5, 0.6) is 0 Å². The third-order valence-electron chi connectivity index (χ3n) is 3.26. The Hall–Kier alpha value is -3.25. The van der Waals surface area contributed by atoms with Crippen LogP contribution >= 0.6 is 0 Å². The lowest BCUT2D eigenvalue weighted by atomic mass is 10.1. The molecular weight excluding hydrogens is 270 g/mol. The molecule has 4 rings (SSSR count). The molecule has 0 amide bonds. The molecule has 2 aromatic carbocycles. The fraction of sp³-hybridized carbons (Fsp3) is 0. The van der Waals surface area contributed by atoms with Crippen molar-refractivity contribution in [1.82, 2.24) is 9.97 Å². The number of hydrogen-bond donors (Lipinski definition) is 0. The van der Waals surface area contributed by atoms with E-state index in [0.717, 1.165) is 16.3 Å². The van der Waals surface area contributed by atoms with Crippen LogP contribution in [0.15, 0.2) is 79.1 Å². The van der Waals surface area contributed by atoms with E-state index in [-0.39, 0.29) is 0 Å². The van der Waals surface area contributed by atoms with E-state index in [1.165, 1.54) is 5.39 Å². The monoisotopic (exact) mass is 283 g/mol. The van der Waals surface area contributed by atoms with Crippen LogP contribution in [-0.2, 0) is 0 Å². The minimum atomic E-state index is 0.466. The number of para-hydroxylation sites is 1. The van der Waals surface area contributed by atoms with Gasteiger partial charge >= 0.3 is 0 Å². The summed E-state index contributed by atoms with van der Waals surface area (Å²) in [7, 11) is 0. The highest BCUT2D eigenvalue weighted by atomic mass is 14.7. The molecule has 4 aromatic rings. The number of fused-ring (bicyclic) bond motifs is 2. The number of rotatable bonds is 0. The van der Waals surface area contributed by atoms with Gasteiger partial charge in [0.05, 0.1) is 5.52 Å². The van der Waals surface area contributed by atoms with Crippen LogP contribution in [0.3, 0.4) is 0 Å². The average molecular weight is 283 g/mol. The molecule has 22 heavy (non-hydrogen) atoms. The van der Waals surface area contributed by atoms with E-state index in [0.29, 0.717) is 5.69 Å². The first kappa shape index (κ1) is 13.7. The summed E-state index contributed by atoms with van der Waals surface area (Å²) in [6.45, 7) is 0. The Kier molecular flexibility index (Phi) is 4.03. The van der Waals surface area contributed by atoms with E-state index in [9.17, 15) is 0 Å². The van der Waals surface area contributed by atoms with E-state index in [1.807, 2.05) is 60.8 Å². The zero-order chi connectivity index (χ0) is 15.2. The third-order valence-corrected chi connectivity index (χ3v) is 3.26. The summed E-state index contributed by atoms with van der Waals surface area (Å²) in [4.78, 5) is 8.15. The maximum Gasteiger partial charge on any atom is 0.141 e. The van der Waals surface area contributed by atoms with Gasteiger partial charge in [0.1, 0.15) is 11.8 Å². The van der Waals surface area contributed by atoms with Gasteiger partial charge in [0.15, 0.2) is 0 Å². The number of nitrogens with zero attached hydrogens (tertiary/aromatic N) is 3. The molecule has 0 atom stereocenters. The summed E-state index contributed by atoms with van der Waals surface area (Å²) in [5.41, 5.74) is 1.53. The van der Waals surface area contributed by atoms with Gasteiger partial charge < -0.3 is 0 Å². The van der Waals surface area contributed by atoms with Gasteiger partial charge in [-0.05, 0) is 23.6 Å². The van der Waals surface area contributed by atoms with Gasteiger partial charge in [-0.15, -0.1) is 0 Å². The highest BCUT2D eigenvalue weighted by molar-refractivity contribution is 5.82. The topological polar surface area (TPSA) is 49.6 Å². The lowest BCUT2D eigenvalue weighted by molar-refractivity contribution is 1.29. The minimum Gasteiger partial charge on any atom is -0.256 e.